The zero-order valence-electron chi connectivity index (χ0n) is 21.6. The van der Waals surface area contributed by atoms with Crippen LogP contribution in [0.4, 0.5) is 0 Å². The van der Waals surface area contributed by atoms with E-state index in [0.29, 0.717) is 48.0 Å². The average Bonchev–Trinajstić information content (AvgIpc) is 3.40. The predicted molar refractivity (Wildman–Crippen MR) is 139 cm³/mol. The van der Waals surface area contributed by atoms with Crippen LogP contribution in [0, 0.1) is 0 Å². The summed E-state index contributed by atoms with van der Waals surface area (Å²) in [6, 6.07) is 5.17. The molecule has 10 nitrogen and oxygen atoms in total. The van der Waals surface area contributed by atoms with E-state index >= 15 is 0 Å². The van der Waals surface area contributed by atoms with Gasteiger partial charge in [0, 0.05) is 32.9 Å². The van der Waals surface area contributed by atoms with E-state index in [9.17, 15) is 13.2 Å². The Morgan fingerprint density at radius 2 is 2.08 bits per heavy atom. The SMILES string of the molecule is CCCOc1ccc(S(=O)(=O)NCCC2CCC[NH+]2C)cc1-c1nc2c(CCC)nn(C)c2c(=O)[nH]1. The number of likely N-dealkylation sites (tertiary alicyclic amines) is 1. The molecule has 0 amide bonds. The number of aryl methyl sites for hydroxylation is 2. The minimum Gasteiger partial charge on any atom is -0.493 e. The number of hydrogen-bond acceptors (Lipinski definition) is 6. The third kappa shape index (κ3) is 5.47. The smallest absolute Gasteiger partial charge is 0.277 e. The van der Waals surface area contributed by atoms with Crippen molar-refractivity contribution in [3.05, 3.63) is 34.2 Å². The molecule has 196 valence electrons. The number of ether oxygens (including phenoxy) is 1. The van der Waals surface area contributed by atoms with E-state index in [-0.39, 0.29) is 16.3 Å². The Kier molecular flexibility index (Phi) is 8.11. The largest absolute Gasteiger partial charge is 0.493 e. The number of sulfonamides is 1. The number of nitrogens with zero attached hydrogens (tertiary/aromatic N) is 3. The van der Waals surface area contributed by atoms with E-state index in [1.165, 1.54) is 23.5 Å². The third-order valence-electron chi connectivity index (χ3n) is 6.83. The van der Waals surface area contributed by atoms with Crippen LogP contribution >= 0.6 is 0 Å². The summed E-state index contributed by atoms with van der Waals surface area (Å²) in [7, 11) is 0.125. The number of quaternary nitrogens is 1. The summed E-state index contributed by atoms with van der Waals surface area (Å²) in [4.78, 5) is 22.1. The number of rotatable bonds is 11. The molecule has 2 aromatic heterocycles. The Morgan fingerprint density at radius 3 is 2.78 bits per heavy atom. The van der Waals surface area contributed by atoms with Crippen LogP contribution in [0.1, 0.15) is 51.6 Å². The highest BCUT2D eigenvalue weighted by atomic mass is 32.2. The van der Waals surface area contributed by atoms with Gasteiger partial charge in [-0.25, -0.2) is 18.1 Å². The van der Waals surface area contributed by atoms with E-state index in [0.717, 1.165) is 37.9 Å². The van der Waals surface area contributed by atoms with E-state index in [2.05, 4.69) is 21.9 Å². The second-order valence-corrected chi connectivity index (χ2v) is 11.3. The van der Waals surface area contributed by atoms with Gasteiger partial charge in [0.2, 0.25) is 10.0 Å². The van der Waals surface area contributed by atoms with Gasteiger partial charge >= 0.3 is 0 Å². The van der Waals surface area contributed by atoms with Crippen molar-refractivity contribution in [1.29, 1.82) is 0 Å². The van der Waals surface area contributed by atoms with Gasteiger partial charge in [-0.3, -0.25) is 9.48 Å². The molecule has 1 fully saturated rings. The zero-order chi connectivity index (χ0) is 25.9. The number of fused-ring (bicyclic) bond motifs is 1. The number of H-pyrrole nitrogens is 1. The molecule has 1 aromatic carbocycles. The number of hydrogen-bond donors (Lipinski definition) is 3. The van der Waals surface area contributed by atoms with E-state index in [1.54, 1.807) is 17.8 Å². The van der Waals surface area contributed by atoms with Crippen molar-refractivity contribution in [2.75, 3.05) is 26.7 Å². The highest BCUT2D eigenvalue weighted by Crippen LogP contribution is 2.31. The van der Waals surface area contributed by atoms with Crippen molar-refractivity contribution in [1.82, 2.24) is 24.5 Å². The lowest BCUT2D eigenvalue weighted by Crippen LogP contribution is -3.10. The van der Waals surface area contributed by atoms with Gasteiger partial charge in [0.05, 0.1) is 42.4 Å². The highest BCUT2D eigenvalue weighted by Gasteiger charge is 2.26. The average molecular weight is 518 g/mol. The van der Waals surface area contributed by atoms with Crippen molar-refractivity contribution in [3.63, 3.8) is 0 Å². The zero-order valence-corrected chi connectivity index (χ0v) is 22.4. The van der Waals surface area contributed by atoms with Crippen LogP contribution in [0.2, 0.25) is 0 Å². The van der Waals surface area contributed by atoms with Crippen molar-refractivity contribution < 1.29 is 18.1 Å². The first-order chi connectivity index (χ1) is 17.2. The number of benzene rings is 1. The van der Waals surface area contributed by atoms with Crippen LogP contribution in [0.3, 0.4) is 0 Å². The molecule has 0 aliphatic carbocycles. The van der Waals surface area contributed by atoms with Crippen LogP contribution in [0.25, 0.3) is 22.4 Å². The second kappa shape index (κ2) is 11.1. The first-order valence-corrected chi connectivity index (χ1v) is 14.3. The van der Waals surface area contributed by atoms with E-state index < -0.39 is 10.0 Å². The number of aromatic nitrogens is 4. The number of nitrogens with one attached hydrogen (secondary N) is 3. The molecule has 2 unspecified atom stereocenters. The molecular weight excluding hydrogens is 480 g/mol. The molecule has 1 aliphatic heterocycles. The molecule has 0 spiro atoms. The molecule has 3 aromatic rings. The normalized spacial score (nSPS) is 18.2. The van der Waals surface area contributed by atoms with E-state index in [1.807, 2.05) is 13.8 Å². The van der Waals surface area contributed by atoms with Gasteiger partial charge in [-0.15, -0.1) is 0 Å². The number of aromatic amines is 1. The topological polar surface area (TPSA) is 123 Å². The molecule has 11 heteroatoms. The summed E-state index contributed by atoms with van der Waals surface area (Å²) < 4.78 is 36.5. The lowest BCUT2D eigenvalue weighted by molar-refractivity contribution is -0.892. The third-order valence-corrected chi connectivity index (χ3v) is 8.29. The molecule has 3 N–H and O–H groups in total. The molecule has 4 rings (SSSR count). The maximum atomic E-state index is 13.2. The van der Waals surface area contributed by atoms with Crippen LogP contribution < -0.4 is 19.9 Å². The second-order valence-electron chi connectivity index (χ2n) is 9.56. The van der Waals surface area contributed by atoms with Gasteiger partial charge in [0.1, 0.15) is 17.1 Å². The predicted octanol–water partition coefficient (Wildman–Crippen LogP) is 1.41. The van der Waals surface area contributed by atoms with Gasteiger partial charge < -0.3 is 14.6 Å². The summed E-state index contributed by atoms with van der Waals surface area (Å²) in [5, 5.41) is 4.47. The van der Waals surface area contributed by atoms with Crippen molar-refractivity contribution in [2.24, 2.45) is 7.05 Å². The summed E-state index contributed by atoms with van der Waals surface area (Å²) >= 11 is 0. The molecule has 0 saturated carbocycles. The van der Waals surface area contributed by atoms with Gasteiger partial charge in [0.15, 0.2) is 5.52 Å². The maximum absolute atomic E-state index is 13.2. The van der Waals surface area contributed by atoms with Gasteiger partial charge in [-0.05, 0) is 31.0 Å². The summed E-state index contributed by atoms with van der Waals surface area (Å²) in [5.74, 6) is 0.729. The fraction of sp³-hybridized carbons (Fsp3) is 0.560. The fourth-order valence-corrected chi connectivity index (χ4v) is 5.97. The minimum atomic E-state index is -3.75. The minimum absolute atomic E-state index is 0.108. The molecule has 0 radical (unpaired) electrons. The van der Waals surface area contributed by atoms with Crippen LogP contribution in [0.5, 0.6) is 5.75 Å². The standard InChI is InChI=1S/C25H36N6O4S/c1-5-8-20-22-23(31(4)29-20)25(32)28-24(27-22)19-16-18(10-11-21(19)35-15-6-2)36(33,34)26-13-12-17-9-7-14-30(17)3/h10-11,16-17,26H,5-9,12-15H2,1-4H3,(H,27,28,32)/p+1. The lowest BCUT2D eigenvalue weighted by Gasteiger charge is -2.17. The van der Waals surface area contributed by atoms with Crippen molar-refractivity contribution in [3.8, 4) is 17.1 Å². The Bertz CT molecular complexity index is 1380. The molecule has 3 heterocycles. The van der Waals surface area contributed by atoms with Gasteiger partial charge in [-0.1, -0.05) is 20.3 Å². The highest BCUT2D eigenvalue weighted by molar-refractivity contribution is 7.89. The first kappa shape index (κ1) is 26.3. The van der Waals surface area contributed by atoms with Crippen molar-refractivity contribution >= 4 is 21.1 Å². The van der Waals surface area contributed by atoms with Crippen LogP contribution in [0.15, 0.2) is 27.9 Å². The summed E-state index contributed by atoms with van der Waals surface area (Å²) in [6.07, 6.45) is 5.42. The van der Waals surface area contributed by atoms with Gasteiger partial charge in [0.25, 0.3) is 5.56 Å². The molecule has 0 bridgehead atoms. The molecular formula is C25H37N6O4S+. The van der Waals surface area contributed by atoms with Gasteiger partial charge in [-0.2, -0.15) is 5.10 Å². The first-order valence-electron chi connectivity index (χ1n) is 12.8. The quantitative estimate of drug-likeness (QED) is 0.353. The summed E-state index contributed by atoms with van der Waals surface area (Å²) in [5.41, 5.74) is 1.75. The molecule has 36 heavy (non-hydrogen) atoms. The Morgan fingerprint density at radius 1 is 1.28 bits per heavy atom. The van der Waals surface area contributed by atoms with Crippen LogP contribution in [-0.4, -0.2) is 61.0 Å². The molecule has 2 atom stereocenters. The van der Waals surface area contributed by atoms with Crippen LogP contribution in [-0.2, 0) is 23.5 Å². The maximum Gasteiger partial charge on any atom is 0.277 e. The summed E-state index contributed by atoms with van der Waals surface area (Å²) in [6.45, 7) is 6.00. The fourth-order valence-electron chi connectivity index (χ4n) is 4.90. The van der Waals surface area contributed by atoms with E-state index in [4.69, 9.17) is 9.72 Å². The Balaban J connectivity index is 1.70. The Hall–Kier alpha value is -2.76. The van der Waals surface area contributed by atoms with Crippen molar-refractivity contribution in [2.45, 2.75) is 63.3 Å². The monoisotopic (exact) mass is 517 g/mol. The molecule has 1 saturated heterocycles. The lowest BCUT2D eigenvalue weighted by atomic mass is 10.1. The Labute approximate surface area is 212 Å². The molecule has 1 aliphatic rings.